The highest BCUT2D eigenvalue weighted by Crippen LogP contribution is 2.33. The Balaban J connectivity index is 2.22. The van der Waals surface area contributed by atoms with Crippen molar-refractivity contribution in [2.75, 3.05) is 6.54 Å². The largest absolute Gasteiger partial charge is 0.426 e. The fourth-order valence-corrected chi connectivity index (χ4v) is 2.26. The number of aromatic nitrogens is 2. The van der Waals surface area contributed by atoms with E-state index >= 15 is 0 Å². The van der Waals surface area contributed by atoms with Gasteiger partial charge < -0.3 is 10.0 Å². The van der Waals surface area contributed by atoms with Crippen molar-refractivity contribution in [1.82, 2.24) is 14.7 Å². The molecule has 124 valence electrons. The molecule has 0 radical (unpaired) electrons. The Bertz CT molecular complexity index is 585. The molecule has 1 aromatic heterocycles. The first-order chi connectivity index (χ1) is 9.84. The molecule has 1 aliphatic rings. The fourth-order valence-electron chi connectivity index (χ4n) is 2.26. The summed E-state index contributed by atoms with van der Waals surface area (Å²) in [4.78, 5) is 13.0. The molecule has 0 aliphatic carbocycles. The lowest BCUT2D eigenvalue weighted by Gasteiger charge is -2.33. The molecular weight excluding hydrogens is 299 g/mol. The standard InChI is InChI=1S/C14H20F3N3O2/c1-12(2,3)20-8-9-7-19(6-5-10(9)18-20)11(21)13(4,22)14(15,16)17/h8,22H,5-7H2,1-4H3/t13-/m1/s1. The summed E-state index contributed by atoms with van der Waals surface area (Å²) in [7, 11) is 0. The summed E-state index contributed by atoms with van der Waals surface area (Å²) in [5, 5.41) is 13.9. The third-order valence-corrected chi connectivity index (χ3v) is 3.80. The van der Waals surface area contributed by atoms with Gasteiger partial charge in [0.05, 0.1) is 11.2 Å². The maximum Gasteiger partial charge on any atom is 0.426 e. The zero-order chi connectivity index (χ0) is 16.9. The van der Waals surface area contributed by atoms with Crippen LogP contribution in [0.4, 0.5) is 13.2 Å². The summed E-state index contributed by atoms with van der Waals surface area (Å²) < 4.78 is 40.1. The van der Waals surface area contributed by atoms with Crippen LogP contribution in [0.3, 0.4) is 0 Å². The summed E-state index contributed by atoms with van der Waals surface area (Å²) in [6, 6.07) is 0. The number of halogens is 3. The van der Waals surface area contributed by atoms with E-state index in [0.717, 1.165) is 10.6 Å². The van der Waals surface area contributed by atoms with Crippen molar-refractivity contribution in [3.05, 3.63) is 17.5 Å². The van der Waals surface area contributed by atoms with Crippen molar-refractivity contribution < 1.29 is 23.1 Å². The van der Waals surface area contributed by atoms with Crippen LogP contribution in [-0.2, 0) is 23.3 Å². The van der Waals surface area contributed by atoms with Gasteiger partial charge in [0, 0.05) is 31.3 Å². The van der Waals surface area contributed by atoms with Crippen LogP contribution >= 0.6 is 0 Å². The molecule has 8 heteroatoms. The summed E-state index contributed by atoms with van der Waals surface area (Å²) in [6.45, 7) is 6.51. The van der Waals surface area contributed by atoms with Crippen molar-refractivity contribution in [1.29, 1.82) is 0 Å². The minimum Gasteiger partial charge on any atom is -0.373 e. The maximum absolute atomic E-state index is 12.8. The van der Waals surface area contributed by atoms with Crippen LogP contribution in [0.5, 0.6) is 0 Å². The van der Waals surface area contributed by atoms with Gasteiger partial charge in [-0.25, -0.2) is 0 Å². The highest BCUT2D eigenvalue weighted by molar-refractivity contribution is 5.85. The van der Waals surface area contributed by atoms with Gasteiger partial charge in [-0.1, -0.05) is 0 Å². The van der Waals surface area contributed by atoms with Gasteiger partial charge in [0.15, 0.2) is 0 Å². The third kappa shape index (κ3) is 2.84. The molecule has 1 atom stereocenters. The molecule has 2 rings (SSSR count). The number of rotatable bonds is 1. The summed E-state index contributed by atoms with van der Waals surface area (Å²) in [5.74, 6) is -1.32. The zero-order valence-electron chi connectivity index (χ0n) is 13.0. The minimum atomic E-state index is -5.00. The van der Waals surface area contributed by atoms with Crippen molar-refractivity contribution in [2.45, 2.75) is 58.0 Å². The molecule has 0 bridgehead atoms. The zero-order valence-corrected chi connectivity index (χ0v) is 13.0. The molecule has 1 N–H and O–H groups in total. The Morgan fingerprint density at radius 2 is 1.86 bits per heavy atom. The van der Waals surface area contributed by atoms with Gasteiger partial charge >= 0.3 is 6.18 Å². The van der Waals surface area contributed by atoms with Crippen molar-refractivity contribution in [3.8, 4) is 0 Å². The van der Waals surface area contributed by atoms with Crippen LogP contribution in [0.15, 0.2) is 6.20 Å². The molecule has 22 heavy (non-hydrogen) atoms. The normalized spacial score (nSPS) is 18.8. The van der Waals surface area contributed by atoms with Crippen LogP contribution in [0, 0.1) is 0 Å². The lowest BCUT2D eigenvalue weighted by atomic mass is 10.0. The van der Waals surface area contributed by atoms with Gasteiger partial charge in [0.2, 0.25) is 5.60 Å². The highest BCUT2D eigenvalue weighted by atomic mass is 19.4. The van der Waals surface area contributed by atoms with Gasteiger partial charge in [0.1, 0.15) is 0 Å². The van der Waals surface area contributed by atoms with E-state index in [1.165, 1.54) is 0 Å². The van der Waals surface area contributed by atoms with E-state index in [-0.39, 0.29) is 18.6 Å². The first kappa shape index (κ1) is 16.8. The molecule has 0 saturated heterocycles. The lowest BCUT2D eigenvalue weighted by molar-refractivity contribution is -0.250. The molecule has 1 aromatic rings. The number of carbonyl (C=O) groups excluding carboxylic acids is 1. The molecule has 0 spiro atoms. The number of amides is 1. The van der Waals surface area contributed by atoms with Gasteiger partial charge in [0.25, 0.3) is 5.91 Å². The van der Waals surface area contributed by atoms with E-state index in [4.69, 9.17) is 0 Å². The Hall–Kier alpha value is -1.57. The van der Waals surface area contributed by atoms with E-state index < -0.39 is 17.7 Å². The van der Waals surface area contributed by atoms with Crippen molar-refractivity contribution in [2.24, 2.45) is 0 Å². The van der Waals surface area contributed by atoms with Crippen LogP contribution in [0.1, 0.15) is 39.0 Å². The second-order valence-electron chi connectivity index (χ2n) is 6.76. The number of aliphatic hydroxyl groups is 1. The van der Waals surface area contributed by atoms with Crippen LogP contribution in [0.2, 0.25) is 0 Å². The molecular formula is C14H20F3N3O2. The highest BCUT2D eigenvalue weighted by Gasteiger charge is 2.57. The quantitative estimate of drug-likeness (QED) is 0.859. The average molecular weight is 319 g/mol. The topological polar surface area (TPSA) is 58.4 Å². The maximum atomic E-state index is 12.8. The number of hydrogen-bond donors (Lipinski definition) is 1. The van der Waals surface area contributed by atoms with E-state index in [9.17, 15) is 23.1 Å². The summed E-state index contributed by atoms with van der Waals surface area (Å²) in [6.07, 6.45) is -2.88. The molecule has 1 aliphatic heterocycles. The first-order valence-electron chi connectivity index (χ1n) is 7.00. The molecule has 0 unspecified atom stereocenters. The second kappa shape index (κ2) is 4.97. The fraction of sp³-hybridized carbons (Fsp3) is 0.714. The molecule has 0 fully saturated rings. The van der Waals surface area contributed by atoms with E-state index in [0.29, 0.717) is 18.9 Å². The van der Waals surface area contributed by atoms with Crippen molar-refractivity contribution >= 4 is 5.91 Å². The number of hydrogen-bond acceptors (Lipinski definition) is 3. The van der Waals surface area contributed by atoms with Gasteiger partial charge in [-0.3, -0.25) is 9.48 Å². The molecule has 0 saturated carbocycles. The second-order valence-corrected chi connectivity index (χ2v) is 6.76. The Morgan fingerprint density at radius 1 is 1.27 bits per heavy atom. The predicted molar refractivity (Wildman–Crippen MR) is 73.0 cm³/mol. The van der Waals surface area contributed by atoms with Gasteiger partial charge in [-0.05, 0) is 27.7 Å². The number of fused-ring (bicyclic) bond motifs is 1. The van der Waals surface area contributed by atoms with Gasteiger partial charge in [-0.2, -0.15) is 18.3 Å². The number of carbonyl (C=O) groups is 1. The SMILES string of the molecule is CC(C)(C)n1cc2c(n1)CCN(C(=O)[C@@](C)(O)C(F)(F)F)C2. The Kier molecular flexibility index (Phi) is 3.80. The number of nitrogens with zero attached hydrogens (tertiary/aromatic N) is 3. The van der Waals surface area contributed by atoms with E-state index in [1.54, 1.807) is 10.9 Å². The van der Waals surface area contributed by atoms with Crippen LogP contribution in [0.25, 0.3) is 0 Å². The van der Waals surface area contributed by atoms with E-state index in [2.05, 4.69) is 5.10 Å². The van der Waals surface area contributed by atoms with Crippen LogP contribution < -0.4 is 0 Å². The molecule has 5 nitrogen and oxygen atoms in total. The smallest absolute Gasteiger partial charge is 0.373 e. The molecule has 2 heterocycles. The predicted octanol–water partition coefficient (Wildman–Crippen LogP) is 1.84. The third-order valence-electron chi connectivity index (χ3n) is 3.80. The van der Waals surface area contributed by atoms with E-state index in [1.807, 2.05) is 20.8 Å². The van der Waals surface area contributed by atoms with Crippen molar-refractivity contribution in [3.63, 3.8) is 0 Å². The molecule has 1 amide bonds. The number of alkyl halides is 3. The summed E-state index contributed by atoms with van der Waals surface area (Å²) >= 11 is 0. The monoisotopic (exact) mass is 319 g/mol. The average Bonchev–Trinajstić information content (AvgIpc) is 2.78. The van der Waals surface area contributed by atoms with Gasteiger partial charge in [-0.15, -0.1) is 0 Å². The lowest BCUT2D eigenvalue weighted by Crippen LogP contribution is -2.56. The first-order valence-corrected chi connectivity index (χ1v) is 7.00. The minimum absolute atomic E-state index is 0.0243. The van der Waals surface area contributed by atoms with Crippen LogP contribution in [-0.4, -0.2) is 44.0 Å². The molecule has 0 aromatic carbocycles. The Labute approximate surface area is 126 Å². The summed E-state index contributed by atoms with van der Waals surface area (Å²) in [5.41, 5.74) is -2.12. The Morgan fingerprint density at radius 3 is 2.36 bits per heavy atom.